The van der Waals surface area contributed by atoms with Gasteiger partial charge in [0.05, 0.1) is 4.92 Å². The van der Waals surface area contributed by atoms with Crippen LogP contribution in [-0.4, -0.2) is 21.4 Å². The Labute approximate surface area is 92.2 Å². The number of nitro groups is 1. The molecule has 86 valence electrons. The van der Waals surface area contributed by atoms with Crippen molar-refractivity contribution in [3.05, 3.63) is 16.3 Å². The Kier molecular flexibility index (Phi) is 2.84. The van der Waals surface area contributed by atoms with E-state index in [1.165, 1.54) is 19.3 Å². The van der Waals surface area contributed by atoms with Crippen molar-refractivity contribution in [2.45, 2.75) is 19.3 Å². The lowest BCUT2D eigenvalue weighted by atomic mass is 9.85. The number of nitrogen functional groups attached to an aromatic ring is 1. The van der Waals surface area contributed by atoms with E-state index >= 15 is 0 Å². The van der Waals surface area contributed by atoms with E-state index in [2.05, 4.69) is 15.3 Å². The minimum atomic E-state index is -0.511. The number of nitrogens with one attached hydrogen (secondary N) is 1. The van der Waals surface area contributed by atoms with Crippen molar-refractivity contribution < 1.29 is 4.92 Å². The molecule has 7 nitrogen and oxygen atoms in total. The third-order valence-corrected chi connectivity index (χ3v) is 2.77. The lowest BCUT2D eigenvalue weighted by Crippen LogP contribution is -2.22. The van der Waals surface area contributed by atoms with E-state index in [1.807, 2.05) is 0 Å². The zero-order chi connectivity index (χ0) is 11.5. The number of nitrogens with two attached hydrogens (primary N) is 1. The zero-order valence-corrected chi connectivity index (χ0v) is 8.72. The third kappa shape index (κ3) is 2.18. The first-order valence-corrected chi connectivity index (χ1v) is 5.17. The van der Waals surface area contributed by atoms with Crippen LogP contribution in [0.4, 0.5) is 17.5 Å². The van der Waals surface area contributed by atoms with Gasteiger partial charge in [0.2, 0.25) is 11.8 Å². The SMILES string of the molecule is Nc1ncc([N+](=O)[O-])c(NCC2CCC2)n1. The first kappa shape index (κ1) is 10.6. The van der Waals surface area contributed by atoms with Gasteiger partial charge in [-0.05, 0) is 18.8 Å². The van der Waals surface area contributed by atoms with E-state index in [9.17, 15) is 10.1 Å². The Morgan fingerprint density at radius 1 is 1.62 bits per heavy atom. The molecule has 0 aliphatic heterocycles. The summed E-state index contributed by atoms with van der Waals surface area (Å²) in [6.07, 6.45) is 4.70. The maximum absolute atomic E-state index is 10.7. The van der Waals surface area contributed by atoms with Crippen LogP contribution in [0, 0.1) is 16.0 Å². The van der Waals surface area contributed by atoms with Crippen molar-refractivity contribution in [1.82, 2.24) is 9.97 Å². The van der Waals surface area contributed by atoms with Crippen LogP contribution in [-0.2, 0) is 0 Å². The number of aromatic nitrogens is 2. The van der Waals surface area contributed by atoms with Crippen LogP contribution < -0.4 is 11.1 Å². The third-order valence-electron chi connectivity index (χ3n) is 2.77. The predicted molar refractivity (Wildman–Crippen MR) is 58.9 cm³/mol. The highest BCUT2D eigenvalue weighted by Crippen LogP contribution is 2.28. The number of nitrogens with zero attached hydrogens (tertiary/aromatic N) is 3. The fourth-order valence-corrected chi connectivity index (χ4v) is 1.59. The average Bonchev–Trinajstić information content (AvgIpc) is 2.14. The minimum Gasteiger partial charge on any atom is -0.368 e. The zero-order valence-electron chi connectivity index (χ0n) is 8.72. The molecular weight excluding hydrogens is 210 g/mol. The average molecular weight is 223 g/mol. The van der Waals surface area contributed by atoms with Crippen LogP contribution >= 0.6 is 0 Å². The maximum Gasteiger partial charge on any atom is 0.329 e. The van der Waals surface area contributed by atoms with Gasteiger partial charge in [0.15, 0.2) is 0 Å². The van der Waals surface area contributed by atoms with Crippen molar-refractivity contribution in [3.63, 3.8) is 0 Å². The molecule has 0 atom stereocenters. The summed E-state index contributed by atoms with van der Waals surface area (Å²) in [7, 11) is 0. The molecule has 1 aliphatic carbocycles. The van der Waals surface area contributed by atoms with Gasteiger partial charge in [-0.2, -0.15) is 4.98 Å². The lowest BCUT2D eigenvalue weighted by molar-refractivity contribution is -0.384. The first-order valence-electron chi connectivity index (χ1n) is 5.17. The van der Waals surface area contributed by atoms with Gasteiger partial charge in [0.25, 0.3) is 0 Å². The van der Waals surface area contributed by atoms with Crippen LogP contribution in [0.3, 0.4) is 0 Å². The van der Waals surface area contributed by atoms with E-state index in [0.29, 0.717) is 12.5 Å². The molecule has 1 aliphatic rings. The highest BCUT2D eigenvalue weighted by atomic mass is 16.6. The monoisotopic (exact) mass is 223 g/mol. The first-order chi connectivity index (χ1) is 7.66. The molecule has 3 N–H and O–H groups in total. The molecule has 0 unspecified atom stereocenters. The van der Waals surface area contributed by atoms with Gasteiger partial charge >= 0.3 is 5.69 Å². The van der Waals surface area contributed by atoms with Gasteiger partial charge in [0.1, 0.15) is 6.20 Å². The summed E-state index contributed by atoms with van der Waals surface area (Å²) in [4.78, 5) is 17.6. The fraction of sp³-hybridized carbons (Fsp3) is 0.556. The molecule has 0 radical (unpaired) electrons. The molecular formula is C9H13N5O2. The summed E-state index contributed by atoms with van der Waals surface area (Å²) in [5.74, 6) is 0.849. The summed E-state index contributed by atoms with van der Waals surface area (Å²) >= 11 is 0. The van der Waals surface area contributed by atoms with E-state index in [4.69, 9.17) is 5.73 Å². The molecule has 0 amide bonds. The quantitative estimate of drug-likeness (QED) is 0.586. The predicted octanol–water partition coefficient (Wildman–Crippen LogP) is 1.18. The summed E-state index contributed by atoms with van der Waals surface area (Å²) in [6, 6.07) is 0. The Bertz CT molecular complexity index is 405. The number of rotatable bonds is 4. The molecule has 1 fully saturated rings. The van der Waals surface area contributed by atoms with Gasteiger partial charge in [-0.25, -0.2) is 4.98 Å². The summed E-state index contributed by atoms with van der Waals surface area (Å²) < 4.78 is 0. The molecule has 0 bridgehead atoms. The van der Waals surface area contributed by atoms with Crippen LogP contribution in [0.5, 0.6) is 0 Å². The van der Waals surface area contributed by atoms with E-state index in [0.717, 1.165) is 6.20 Å². The summed E-state index contributed by atoms with van der Waals surface area (Å²) in [5.41, 5.74) is 5.26. The Morgan fingerprint density at radius 3 is 2.94 bits per heavy atom. The second kappa shape index (κ2) is 4.30. The second-order valence-electron chi connectivity index (χ2n) is 3.90. The fourth-order valence-electron chi connectivity index (χ4n) is 1.59. The number of anilines is 2. The molecule has 16 heavy (non-hydrogen) atoms. The molecule has 1 heterocycles. The van der Waals surface area contributed by atoms with E-state index in [1.54, 1.807) is 0 Å². The molecule has 1 saturated carbocycles. The molecule has 0 spiro atoms. The highest BCUT2D eigenvalue weighted by molar-refractivity contribution is 5.56. The van der Waals surface area contributed by atoms with Crippen molar-refractivity contribution in [3.8, 4) is 0 Å². The molecule has 2 rings (SSSR count). The molecule has 7 heteroatoms. The van der Waals surface area contributed by atoms with Gasteiger partial charge in [-0.1, -0.05) is 6.42 Å². The lowest BCUT2D eigenvalue weighted by Gasteiger charge is -2.25. The van der Waals surface area contributed by atoms with E-state index < -0.39 is 4.92 Å². The van der Waals surface area contributed by atoms with Crippen LogP contribution in [0.2, 0.25) is 0 Å². The van der Waals surface area contributed by atoms with Crippen molar-refractivity contribution >= 4 is 17.5 Å². The topological polar surface area (TPSA) is 107 Å². The maximum atomic E-state index is 10.7. The van der Waals surface area contributed by atoms with Crippen molar-refractivity contribution in [2.24, 2.45) is 5.92 Å². The largest absolute Gasteiger partial charge is 0.368 e. The van der Waals surface area contributed by atoms with Crippen LogP contribution in [0.15, 0.2) is 6.20 Å². The minimum absolute atomic E-state index is 0.0432. The van der Waals surface area contributed by atoms with Gasteiger partial charge < -0.3 is 11.1 Å². The van der Waals surface area contributed by atoms with E-state index in [-0.39, 0.29) is 17.5 Å². The Balaban J connectivity index is 2.09. The molecule has 1 aromatic heterocycles. The van der Waals surface area contributed by atoms with Crippen molar-refractivity contribution in [2.75, 3.05) is 17.6 Å². The van der Waals surface area contributed by atoms with Gasteiger partial charge in [-0.15, -0.1) is 0 Å². The Morgan fingerprint density at radius 2 is 2.38 bits per heavy atom. The summed E-state index contributed by atoms with van der Waals surface area (Å²) in [5, 5.41) is 13.7. The Hall–Kier alpha value is -1.92. The van der Waals surface area contributed by atoms with Gasteiger partial charge in [0, 0.05) is 6.54 Å². The standard InChI is InChI=1S/C9H13N5O2/c10-9-12-5-7(14(15)16)8(13-9)11-4-6-2-1-3-6/h5-6H,1-4H2,(H3,10,11,12,13). The summed E-state index contributed by atoms with van der Waals surface area (Å²) in [6.45, 7) is 0.706. The molecule has 0 saturated heterocycles. The molecule has 1 aromatic rings. The number of hydrogen-bond donors (Lipinski definition) is 2. The van der Waals surface area contributed by atoms with Crippen LogP contribution in [0.25, 0.3) is 0 Å². The smallest absolute Gasteiger partial charge is 0.329 e. The highest BCUT2D eigenvalue weighted by Gasteiger charge is 2.20. The van der Waals surface area contributed by atoms with Gasteiger partial charge in [-0.3, -0.25) is 10.1 Å². The molecule has 0 aromatic carbocycles. The second-order valence-corrected chi connectivity index (χ2v) is 3.90. The van der Waals surface area contributed by atoms with Crippen molar-refractivity contribution in [1.29, 1.82) is 0 Å². The normalized spacial score (nSPS) is 15.5. The van der Waals surface area contributed by atoms with Crippen LogP contribution in [0.1, 0.15) is 19.3 Å². The number of hydrogen-bond acceptors (Lipinski definition) is 6.